The number of rotatable bonds is 6. The van der Waals surface area contributed by atoms with Gasteiger partial charge in [-0.3, -0.25) is 0 Å². The lowest BCUT2D eigenvalue weighted by Gasteiger charge is -2.17. The number of esters is 1. The molecule has 1 N–H and O–H groups in total. The lowest BCUT2D eigenvalue weighted by molar-refractivity contribution is -0.143. The SMILES string of the molecule is CSCCOC(=O)C(C)Nc1c(C)cccc1Cl. The molecule has 0 aliphatic heterocycles. The van der Waals surface area contributed by atoms with Gasteiger partial charge in [0.15, 0.2) is 0 Å². The number of hydrogen-bond donors (Lipinski definition) is 1. The summed E-state index contributed by atoms with van der Waals surface area (Å²) in [6, 6.07) is 5.21. The summed E-state index contributed by atoms with van der Waals surface area (Å²) in [5, 5.41) is 3.70. The van der Waals surface area contributed by atoms with Crippen LogP contribution in [0.4, 0.5) is 5.69 Å². The van der Waals surface area contributed by atoms with E-state index >= 15 is 0 Å². The van der Waals surface area contributed by atoms with Gasteiger partial charge in [-0.1, -0.05) is 23.7 Å². The van der Waals surface area contributed by atoms with Crippen molar-refractivity contribution >= 4 is 35.0 Å². The number of carbonyl (C=O) groups excluding carboxylic acids is 1. The maximum atomic E-state index is 11.7. The number of nitrogens with one attached hydrogen (secondary N) is 1. The maximum absolute atomic E-state index is 11.7. The summed E-state index contributed by atoms with van der Waals surface area (Å²) in [4.78, 5) is 11.7. The third-order valence-corrected chi connectivity index (χ3v) is 3.36. The minimum absolute atomic E-state index is 0.261. The van der Waals surface area contributed by atoms with Crippen LogP contribution in [-0.2, 0) is 9.53 Å². The van der Waals surface area contributed by atoms with Gasteiger partial charge in [0.05, 0.1) is 10.7 Å². The van der Waals surface area contributed by atoms with Crippen molar-refractivity contribution in [3.63, 3.8) is 0 Å². The standard InChI is InChI=1S/C13H18ClNO2S/c1-9-5-4-6-11(14)12(9)15-10(2)13(16)17-7-8-18-3/h4-6,10,15H,7-8H2,1-3H3. The van der Waals surface area contributed by atoms with Crippen LogP contribution in [0.25, 0.3) is 0 Å². The Hall–Kier alpha value is -0.870. The van der Waals surface area contributed by atoms with Crippen LogP contribution < -0.4 is 5.32 Å². The Morgan fingerprint density at radius 1 is 1.56 bits per heavy atom. The fourth-order valence-electron chi connectivity index (χ4n) is 1.44. The molecule has 0 fully saturated rings. The molecule has 1 unspecified atom stereocenters. The second kappa shape index (κ2) is 7.54. The van der Waals surface area contributed by atoms with Gasteiger partial charge in [-0.15, -0.1) is 0 Å². The lowest BCUT2D eigenvalue weighted by atomic mass is 10.2. The van der Waals surface area contributed by atoms with E-state index in [9.17, 15) is 4.79 Å². The smallest absolute Gasteiger partial charge is 0.328 e. The molecular weight excluding hydrogens is 270 g/mol. The Labute approximate surface area is 117 Å². The van der Waals surface area contributed by atoms with Crippen molar-refractivity contribution in [2.45, 2.75) is 19.9 Å². The Morgan fingerprint density at radius 3 is 2.89 bits per heavy atom. The predicted molar refractivity (Wildman–Crippen MR) is 78.6 cm³/mol. The van der Waals surface area contributed by atoms with Crippen LogP contribution in [-0.4, -0.2) is 30.6 Å². The van der Waals surface area contributed by atoms with Crippen LogP contribution in [0.3, 0.4) is 0 Å². The van der Waals surface area contributed by atoms with E-state index in [0.717, 1.165) is 17.0 Å². The molecule has 0 bridgehead atoms. The van der Waals surface area contributed by atoms with Gasteiger partial charge in [-0.25, -0.2) is 4.79 Å². The summed E-state index contributed by atoms with van der Waals surface area (Å²) < 4.78 is 5.13. The molecule has 18 heavy (non-hydrogen) atoms. The molecule has 0 aromatic heterocycles. The molecule has 0 heterocycles. The molecule has 0 aliphatic rings. The highest BCUT2D eigenvalue weighted by Crippen LogP contribution is 2.25. The first-order valence-electron chi connectivity index (χ1n) is 5.73. The average Bonchev–Trinajstić information content (AvgIpc) is 2.34. The predicted octanol–water partition coefficient (Wildman–Crippen LogP) is 3.36. The molecule has 3 nitrogen and oxygen atoms in total. The fourth-order valence-corrected chi connectivity index (χ4v) is 1.97. The number of thioether (sulfide) groups is 1. The Bertz CT molecular complexity index is 392. The Morgan fingerprint density at radius 2 is 2.28 bits per heavy atom. The van der Waals surface area contributed by atoms with Crippen LogP contribution in [0.5, 0.6) is 0 Å². The molecule has 100 valence electrons. The zero-order valence-corrected chi connectivity index (χ0v) is 12.4. The van der Waals surface area contributed by atoms with E-state index in [1.807, 2.05) is 25.3 Å². The van der Waals surface area contributed by atoms with Gasteiger partial charge < -0.3 is 10.1 Å². The van der Waals surface area contributed by atoms with Crippen molar-refractivity contribution in [1.29, 1.82) is 0 Å². The topological polar surface area (TPSA) is 38.3 Å². The molecule has 0 spiro atoms. The van der Waals surface area contributed by atoms with Gasteiger partial charge >= 0.3 is 5.97 Å². The van der Waals surface area contributed by atoms with E-state index in [-0.39, 0.29) is 5.97 Å². The van der Waals surface area contributed by atoms with Crippen LogP contribution in [0, 0.1) is 6.92 Å². The summed E-state index contributed by atoms with van der Waals surface area (Å²) in [6.45, 7) is 4.15. The van der Waals surface area contributed by atoms with E-state index < -0.39 is 6.04 Å². The van der Waals surface area contributed by atoms with E-state index in [1.54, 1.807) is 24.8 Å². The minimum atomic E-state index is -0.412. The monoisotopic (exact) mass is 287 g/mol. The van der Waals surface area contributed by atoms with E-state index in [2.05, 4.69) is 5.32 Å². The summed E-state index contributed by atoms with van der Waals surface area (Å²) in [6.07, 6.45) is 1.97. The quantitative estimate of drug-likeness (QED) is 0.643. The number of carbonyl (C=O) groups is 1. The van der Waals surface area contributed by atoms with Crippen molar-refractivity contribution in [2.75, 3.05) is 23.9 Å². The molecule has 1 atom stereocenters. The van der Waals surface area contributed by atoms with Crippen molar-refractivity contribution in [2.24, 2.45) is 0 Å². The van der Waals surface area contributed by atoms with Gasteiger partial charge in [0.25, 0.3) is 0 Å². The fraction of sp³-hybridized carbons (Fsp3) is 0.462. The van der Waals surface area contributed by atoms with E-state index in [0.29, 0.717) is 11.6 Å². The molecule has 1 aromatic rings. The number of aryl methyl sites for hydroxylation is 1. The van der Waals surface area contributed by atoms with Gasteiger partial charge in [-0.2, -0.15) is 11.8 Å². The highest BCUT2D eigenvalue weighted by Gasteiger charge is 2.16. The minimum Gasteiger partial charge on any atom is -0.463 e. The molecular formula is C13H18ClNO2S. The maximum Gasteiger partial charge on any atom is 0.328 e. The van der Waals surface area contributed by atoms with Crippen LogP contribution in [0.2, 0.25) is 5.02 Å². The second-order valence-corrected chi connectivity index (χ2v) is 5.35. The molecule has 1 rings (SSSR count). The Balaban J connectivity index is 2.58. The number of anilines is 1. The summed E-state index contributed by atoms with van der Waals surface area (Å²) in [5.41, 5.74) is 1.79. The number of benzene rings is 1. The first kappa shape index (κ1) is 15.2. The molecule has 0 aliphatic carbocycles. The molecule has 0 saturated carbocycles. The van der Waals surface area contributed by atoms with Gasteiger partial charge in [0.1, 0.15) is 12.6 Å². The van der Waals surface area contributed by atoms with Crippen LogP contribution in [0.15, 0.2) is 18.2 Å². The molecule has 0 saturated heterocycles. The highest BCUT2D eigenvalue weighted by molar-refractivity contribution is 7.98. The average molecular weight is 288 g/mol. The summed E-state index contributed by atoms with van der Waals surface area (Å²) >= 11 is 7.73. The lowest BCUT2D eigenvalue weighted by Crippen LogP contribution is -2.29. The summed E-state index contributed by atoms with van der Waals surface area (Å²) in [5.74, 6) is 0.548. The number of hydrogen-bond acceptors (Lipinski definition) is 4. The van der Waals surface area contributed by atoms with Gasteiger partial charge in [-0.05, 0) is 31.7 Å². The first-order valence-corrected chi connectivity index (χ1v) is 7.50. The van der Waals surface area contributed by atoms with Crippen LogP contribution >= 0.6 is 23.4 Å². The molecule has 1 aromatic carbocycles. The third kappa shape index (κ3) is 4.42. The normalized spacial score (nSPS) is 12.0. The van der Waals surface area contributed by atoms with Crippen molar-refractivity contribution in [3.05, 3.63) is 28.8 Å². The largest absolute Gasteiger partial charge is 0.463 e. The zero-order chi connectivity index (χ0) is 13.5. The molecule has 0 amide bonds. The molecule has 0 radical (unpaired) electrons. The van der Waals surface area contributed by atoms with E-state index in [1.165, 1.54) is 0 Å². The van der Waals surface area contributed by atoms with Gasteiger partial charge in [0, 0.05) is 5.75 Å². The summed E-state index contributed by atoms with van der Waals surface area (Å²) in [7, 11) is 0. The third-order valence-electron chi connectivity index (χ3n) is 2.47. The zero-order valence-electron chi connectivity index (χ0n) is 10.8. The van der Waals surface area contributed by atoms with Crippen molar-refractivity contribution in [3.8, 4) is 0 Å². The first-order chi connectivity index (χ1) is 8.56. The highest BCUT2D eigenvalue weighted by atomic mass is 35.5. The number of ether oxygens (including phenoxy) is 1. The molecule has 5 heteroatoms. The Kier molecular flexibility index (Phi) is 6.36. The second-order valence-electron chi connectivity index (χ2n) is 3.96. The van der Waals surface area contributed by atoms with Crippen molar-refractivity contribution < 1.29 is 9.53 Å². The van der Waals surface area contributed by atoms with Crippen molar-refractivity contribution in [1.82, 2.24) is 0 Å². The van der Waals surface area contributed by atoms with Gasteiger partial charge in [0.2, 0.25) is 0 Å². The number of para-hydroxylation sites is 1. The number of halogens is 1. The van der Waals surface area contributed by atoms with Crippen LogP contribution in [0.1, 0.15) is 12.5 Å². The van der Waals surface area contributed by atoms with E-state index in [4.69, 9.17) is 16.3 Å².